The minimum Gasteiger partial charge on any atom is -0.228 e. The molecule has 3 heteroatoms. The molecule has 78 valence electrons. The normalized spacial score (nSPS) is 24.8. The van der Waals surface area contributed by atoms with Gasteiger partial charge < -0.3 is 0 Å². The number of hydrogen-bond donors (Lipinski definition) is 0. The van der Waals surface area contributed by atoms with Gasteiger partial charge in [-0.1, -0.05) is 26.7 Å². The van der Waals surface area contributed by atoms with Crippen molar-refractivity contribution in [1.82, 2.24) is 0 Å². The van der Waals surface area contributed by atoms with Gasteiger partial charge in [-0.15, -0.1) is 0 Å². The third-order valence-electron chi connectivity index (χ3n) is 3.12. The van der Waals surface area contributed by atoms with Crippen molar-refractivity contribution in [2.75, 3.05) is 5.75 Å². The van der Waals surface area contributed by atoms with Gasteiger partial charge in [-0.3, -0.25) is 0 Å². The fraction of sp³-hybridized carbons (Fsp3) is 1.00. The van der Waals surface area contributed by atoms with Crippen molar-refractivity contribution in [3.05, 3.63) is 0 Å². The van der Waals surface area contributed by atoms with Crippen molar-refractivity contribution in [3.63, 3.8) is 0 Å². The van der Waals surface area contributed by atoms with E-state index in [1.54, 1.807) is 0 Å². The van der Waals surface area contributed by atoms with Gasteiger partial charge in [0.05, 0.1) is 10.5 Å². The van der Waals surface area contributed by atoms with E-state index in [-0.39, 0.29) is 4.75 Å². The van der Waals surface area contributed by atoms with E-state index in [1.807, 2.05) is 0 Å². The summed E-state index contributed by atoms with van der Waals surface area (Å²) >= 11 is 0. The first-order valence-corrected chi connectivity index (χ1v) is 6.95. The van der Waals surface area contributed by atoms with E-state index < -0.39 is 9.84 Å². The van der Waals surface area contributed by atoms with Gasteiger partial charge in [0.25, 0.3) is 0 Å². The lowest BCUT2D eigenvalue weighted by molar-refractivity contribution is 0.442. The fourth-order valence-electron chi connectivity index (χ4n) is 2.55. The Kier molecular flexibility index (Phi) is 3.38. The van der Waals surface area contributed by atoms with E-state index in [9.17, 15) is 8.42 Å². The summed E-state index contributed by atoms with van der Waals surface area (Å²) in [4.78, 5) is 0. The molecule has 0 saturated carbocycles. The molecule has 1 saturated heterocycles. The van der Waals surface area contributed by atoms with Crippen LogP contribution in [-0.4, -0.2) is 18.9 Å². The van der Waals surface area contributed by atoms with Crippen molar-refractivity contribution >= 4 is 9.84 Å². The van der Waals surface area contributed by atoms with E-state index in [0.717, 1.165) is 38.5 Å². The number of sulfone groups is 1. The van der Waals surface area contributed by atoms with Gasteiger partial charge in [-0.05, 0) is 25.7 Å². The van der Waals surface area contributed by atoms with Crippen LogP contribution in [0.3, 0.4) is 0 Å². The first kappa shape index (κ1) is 11.0. The zero-order valence-corrected chi connectivity index (χ0v) is 9.49. The molecule has 0 amide bonds. The summed E-state index contributed by atoms with van der Waals surface area (Å²) in [6.07, 6.45) is 5.48. The molecule has 0 aromatic heterocycles. The lowest BCUT2D eigenvalue weighted by Crippen LogP contribution is -2.34. The van der Waals surface area contributed by atoms with Crippen molar-refractivity contribution in [2.45, 2.75) is 57.1 Å². The molecule has 2 nitrogen and oxygen atoms in total. The van der Waals surface area contributed by atoms with Crippen LogP contribution in [0.4, 0.5) is 0 Å². The molecule has 0 N–H and O–H groups in total. The van der Waals surface area contributed by atoms with Crippen LogP contribution in [0.25, 0.3) is 0 Å². The molecule has 0 unspecified atom stereocenters. The Labute approximate surface area is 81.6 Å². The van der Waals surface area contributed by atoms with Crippen molar-refractivity contribution in [1.29, 1.82) is 0 Å². The Morgan fingerprint density at radius 1 is 1.15 bits per heavy atom. The predicted octanol–water partition coefficient (Wildman–Crippen LogP) is 2.53. The van der Waals surface area contributed by atoms with Gasteiger partial charge in [0.15, 0.2) is 9.84 Å². The quantitative estimate of drug-likeness (QED) is 0.705. The van der Waals surface area contributed by atoms with Crippen LogP contribution in [-0.2, 0) is 9.84 Å². The van der Waals surface area contributed by atoms with Crippen LogP contribution in [0.15, 0.2) is 0 Å². The smallest absolute Gasteiger partial charge is 0.156 e. The Morgan fingerprint density at radius 3 is 2.00 bits per heavy atom. The van der Waals surface area contributed by atoms with Gasteiger partial charge in [0.1, 0.15) is 0 Å². The molecule has 1 rings (SSSR count). The molecule has 0 bridgehead atoms. The molecule has 0 radical (unpaired) electrons. The summed E-state index contributed by atoms with van der Waals surface area (Å²) in [5.74, 6) is 0.424. The van der Waals surface area contributed by atoms with Crippen molar-refractivity contribution in [2.24, 2.45) is 0 Å². The molecule has 0 aromatic carbocycles. The Hall–Kier alpha value is -0.0500. The van der Waals surface area contributed by atoms with Gasteiger partial charge >= 0.3 is 0 Å². The summed E-state index contributed by atoms with van der Waals surface area (Å²) in [6.45, 7) is 4.15. The summed E-state index contributed by atoms with van der Waals surface area (Å²) in [5, 5.41) is 0. The van der Waals surface area contributed by atoms with Crippen molar-refractivity contribution in [3.8, 4) is 0 Å². The van der Waals surface area contributed by atoms with Crippen LogP contribution >= 0.6 is 0 Å². The standard InChI is InChI=1S/C10H20O2S/c1-3-6-10(7-4-2)8-5-9-13(10,11)12/h3-9H2,1-2H3. The minimum atomic E-state index is -2.77. The molecule has 0 aliphatic carbocycles. The SMILES string of the molecule is CCCC1(CCC)CCCS1(=O)=O. The fourth-order valence-corrected chi connectivity index (χ4v) is 5.00. The summed E-state index contributed by atoms with van der Waals surface area (Å²) < 4.78 is 23.4. The van der Waals surface area contributed by atoms with Gasteiger partial charge in [0, 0.05) is 0 Å². The monoisotopic (exact) mass is 204 g/mol. The van der Waals surface area contributed by atoms with E-state index in [4.69, 9.17) is 0 Å². The maximum atomic E-state index is 11.9. The topological polar surface area (TPSA) is 34.1 Å². The summed E-state index contributed by atoms with van der Waals surface area (Å²) in [7, 11) is -2.77. The van der Waals surface area contributed by atoms with Crippen molar-refractivity contribution < 1.29 is 8.42 Å². The average molecular weight is 204 g/mol. The maximum absolute atomic E-state index is 11.9. The molecule has 0 aromatic rings. The first-order valence-electron chi connectivity index (χ1n) is 5.30. The molecule has 1 fully saturated rings. The molecule has 0 spiro atoms. The van der Waals surface area contributed by atoms with Gasteiger partial charge in [-0.25, -0.2) is 8.42 Å². The maximum Gasteiger partial charge on any atom is 0.156 e. The van der Waals surface area contributed by atoms with Crippen LogP contribution in [0.2, 0.25) is 0 Å². The van der Waals surface area contributed by atoms with Crippen LogP contribution in [0, 0.1) is 0 Å². The molecular weight excluding hydrogens is 184 g/mol. The van der Waals surface area contributed by atoms with Gasteiger partial charge in [-0.2, -0.15) is 0 Å². The van der Waals surface area contributed by atoms with Gasteiger partial charge in [0.2, 0.25) is 0 Å². The third kappa shape index (κ3) is 1.90. The molecular formula is C10H20O2S. The van der Waals surface area contributed by atoms with E-state index >= 15 is 0 Å². The molecule has 1 heterocycles. The first-order chi connectivity index (χ1) is 6.08. The highest BCUT2D eigenvalue weighted by molar-refractivity contribution is 7.93. The van der Waals surface area contributed by atoms with E-state index in [2.05, 4.69) is 13.8 Å². The second kappa shape index (κ2) is 3.99. The summed E-state index contributed by atoms with van der Waals surface area (Å²) in [6, 6.07) is 0. The highest BCUT2D eigenvalue weighted by atomic mass is 32.2. The largest absolute Gasteiger partial charge is 0.228 e. The van der Waals surface area contributed by atoms with Crippen LogP contribution in [0.1, 0.15) is 52.4 Å². The predicted molar refractivity (Wildman–Crippen MR) is 55.6 cm³/mol. The summed E-state index contributed by atoms with van der Waals surface area (Å²) in [5.41, 5.74) is 0. The Morgan fingerprint density at radius 2 is 1.69 bits per heavy atom. The molecule has 13 heavy (non-hydrogen) atoms. The molecule has 1 aliphatic rings. The van der Waals surface area contributed by atoms with Crippen LogP contribution in [0.5, 0.6) is 0 Å². The Bertz CT molecular complexity index is 248. The van der Waals surface area contributed by atoms with E-state index in [0.29, 0.717) is 5.75 Å². The van der Waals surface area contributed by atoms with E-state index in [1.165, 1.54) is 0 Å². The zero-order valence-electron chi connectivity index (χ0n) is 8.67. The Balaban J connectivity index is 2.89. The third-order valence-corrected chi connectivity index (χ3v) is 5.87. The second-order valence-corrected chi connectivity index (χ2v) is 6.61. The number of rotatable bonds is 4. The van der Waals surface area contributed by atoms with Crippen LogP contribution < -0.4 is 0 Å². The lowest BCUT2D eigenvalue weighted by Gasteiger charge is -2.26. The average Bonchev–Trinajstić information content (AvgIpc) is 2.29. The second-order valence-electron chi connectivity index (χ2n) is 4.11. The number of hydrogen-bond acceptors (Lipinski definition) is 2. The molecule has 1 aliphatic heterocycles. The minimum absolute atomic E-state index is 0.337. The lowest BCUT2D eigenvalue weighted by atomic mass is 9.93. The zero-order chi connectivity index (χ0) is 9.95. The molecule has 0 atom stereocenters. The highest BCUT2D eigenvalue weighted by Crippen LogP contribution is 2.39. The highest BCUT2D eigenvalue weighted by Gasteiger charge is 2.45.